The highest BCUT2D eigenvalue weighted by molar-refractivity contribution is 7.07. The van der Waals surface area contributed by atoms with Crippen LogP contribution in [0.25, 0.3) is 18.2 Å². The Morgan fingerprint density at radius 1 is 0.829 bits per heavy atom. The predicted molar refractivity (Wildman–Crippen MR) is 158 cm³/mol. The van der Waals surface area contributed by atoms with Crippen LogP contribution in [0.15, 0.2) is 45.1 Å². The molecule has 2 aliphatic rings. The van der Waals surface area contributed by atoms with Crippen LogP contribution < -0.4 is 14.4 Å². The lowest BCUT2D eigenvalue weighted by Gasteiger charge is -2.01. The van der Waals surface area contributed by atoms with Crippen LogP contribution in [0.1, 0.15) is 62.0 Å². The van der Waals surface area contributed by atoms with Crippen molar-refractivity contribution in [2.24, 2.45) is 4.99 Å². The summed E-state index contributed by atoms with van der Waals surface area (Å²) in [6.07, 6.45) is 6.80. The summed E-state index contributed by atoms with van der Waals surface area (Å²) in [6.45, 7) is 7.79. The van der Waals surface area contributed by atoms with Crippen molar-refractivity contribution in [2.45, 2.75) is 53.4 Å². The van der Waals surface area contributed by atoms with E-state index < -0.39 is 0 Å². The molecule has 0 radical (unpaired) electrons. The number of thiophene rings is 1. The number of rotatable bonds is 9. The number of hydrogen-bond acceptors (Lipinski definition) is 7. The van der Waals surface area contributed by atoms with Gasteiger partial charge in [-0.15, -0.1) is 11.3 Å². The summed E-state index contributed by atoms with van der Waals surface area (Å²) in [6, 6.07) is 3.99. The number of nitrogens with zero attached hydrogens (tertiary/aromatic N) is 1. The van der Waals surface area contributed by atoms with Crippen LogP contribution in [0.2, 0.25) is 0 Å². The SMILES string of the molecule is COC(=O)CCC1=C(C)C(/C=c2\cc/c(=C\c3[nH]c(/C=C4\NC(=O)C(CCC(=O)OC)=C4C)c(C)c3C)s2)=NC1=O. The van der Waals surface area contributed by atoms with Crippen molar-refractivity contribution < 1.29 is 28.7 Å². The quantitative estimate of drug-likeness (QED) is 0.442. The van der Waals surface area contributed by atoms with E-state index in [2.05, 4.69) is 26.1 Å². The van der Waals surface area contributed by atoms with Gasteiger partial charge >= 0.3 is 11.9 Å². The standard InChI is InChI=1S/C31H33N3O6S/c1-16-17(2)26(15-27-19(4)23(31(38)34-27)10-12-29(36)40-6)32-24(16)13-20-7-8-21(41-20)14-25-18(3)22(30(37)33-25)9-11-28(35)39-5/h7-8,13-15,32H,9-12H2,1-6H3,(H,34,38)/b20-13+,21-14+,27-15-. The first kappa shape index (κ1) is 29.7. The van der Waals surface area contributed by atoms with Gasteiger partial charge in [-0.2, -0.15) is 0 Å². The largest absolute Gasteiger partial charge is 0.469 e. The Morgan fingerprint density at radius 3 is 2.00 bits per heavy atom. The molecule has 0 saturated heterocycles. The number of H-pyrrole nitrogens is 1. The molecule has 214 valence electrons. The Bertz CT molecular complexity index is 1700. The molecule has 0 bridgehead atoms. The first-order valence-corrected chi connectivity index (χ1v) is 14.0. The molecule has 0 saturated carbocycles. The van der Waals surface area contributed by atoms with Crippen LogP contribution in [0, 0.1) is 13.8 Å². The number of aromatic amines is 1. The van der Waals surface area contributed by atoms with E-state index in [0.717, 1.165) is 42.7 Å². The van der Waals surface area contributed by atoms with Gasteiger partial charge in [0.15, 0.2) is 0 Å². The van der Waals surface area contributed by atoms with Crippen molar-refractivity contribution in [3.8, 4) is 0 Å². The molecule has 4 heterocycles. The van der Waals surface area contributed by atoms with E-state index in [-0.39, 0.29) is 36.6 Å². The van der Waals surface area contributed by atoms with E-state index in [1.165, 1.54) is 14.2 Å². The number of ether oxygens (including phenoxy) is 2. The minimum atomic E-state index is -0.358. The highest BCUT2D eigenvalue weighted by atomic mass is 32.1. The lowest BCUT2D eigenvalue weighted by Crippen LogP contribution is -2.17. The fraction of sp³-hybridized carbons (Fsp3) is 0.323. The number of aliphatic imine (C=N–C) groups is 1. The molecular formula is C31H33N3O6S. The van der Waals surface area contributed by atoms with Crippen LogP contribution in [0.4, 0.5) is 0 Å². The van der Waals surface area contributed by atoms with E-state index in [1.54, 1.807) is 11.3 Å². The van der Waals surface area contributed by atoms with Gasteiger partial charge in [-0.05, 0) is 93.2 Å². The number of carbonyl (C=O) groups excluding carboxylic acids is 4. The summed E-state index contributed by atoms with van der Waals surface area (Å²) in [5.74, 6) is -1.21. The summed E-state index contributed by atoms with van der Waals surface area (Å²) < 4.78 is 11.4. The molecule has 2 N–H and O–H groups in total. The number of methoxy groups -OCH3 is 2. The van der Waals surface area contributed by atoms with E-state index in [0.29, 0.717) is 35.4 Å². The first-order chi connectivity index (χ1) is 19.5. The van der Waals surface area contributed by atoms with Gasteiger partial charge in [0.25, 0.3) is 11.8 Å². The van der Waals surface area contributed by atoms with Gasteiger partial charge in [-0.3, -0.25) is 19.2 Å². The number of nitrogens with one attached hydrogen (secondary N) is 2. The molecule has 2 aromatic rings. The number of esters is 2. The van der Waals surface area contributed by atoms with Crippen LogP contribution in [0.5, 0.6) is 0 Å². The smallest absolute Gasteiger partial charge is 0.305 e. The minimum Gasteiger partial charge on any atom is -0.469 e. The lowest BCUT2D eigenvalue weighted by atomic mass is 10.0. The van der Waals surface area contributed by atoms with Crippen molar-refractivity contribution in [3.63, 3.8) is 0 Å². The van der Waals surface area contributed by atoms with Gasteiger partial charge in [0.2, 0.25) is 0 Å². The Balaban J connectivity index is 1.57. The number of hydrogen-bond donors (Lipinski definition) is 2. The normalized spacial score (nSPS) is 17.2. The third-order valence-electron chi connectivity index (χ3n) is 7.45. The van der Waals surface area contributed by atoms with Crippen molar-refractivity contribution in [1.29, 1.82) is 0 Å². The summed E-state index contributed by atoms with van der Waals surface area (Å²) >= 11 is 1.57. The van der Waals surface area contributed by atoms with Gasteiger partial charge in [-0.25, -0.2) is 4.99 Å². The first-order valence-electron chi connectivity index (χ1n) is 13.2. The van der Waals surface area contributed by atoms with E-state index in [1.807, 2.05) is 52.0 Å². The highest BCUT2D eigenvalue weighted by Crippen LogP contribution is 2.28. The molecular weight excluding hydrogens is 542 g/mol. The zero-order chi connectivity index (χ0) is 29.8. The molecule has 0 atom stereocenters. The van der Waals surface area contributed by atoms with Crippen LogP contribution in [0.3, 0.4) is 0 Å². The zero-order valence-electron chi connectivity index (χ0n) is 24.0. The summed E-state index contributed by atoms with van der Waals surface area (Å²) in [5, 5.41) is 2.92. The molecule has 41 heavy (non-hydrogen) atoms. The molecule has 2 aromatic heterocycles. The van der Waals surface area contributed by atoms with Crippen molar-refractivity contribution in [2.75, 3.05) is 14.2 Å². The molecule has 0 fully saturated rings. The Hall–Kier alpha value is -4.31. The van der Waals surface area contributed by atoms with Crippen LogP contribution in [-0.2, 0) is 28.7 Å². The molecule has 0 aromatic carbocycles. The third-order valence-corrected chi connectivity index (χ3v) is 8.43. The molecule has 2 aliphatic heterocycles. The number of aromatic nitrogens is 1. The number of carbonyl (C=O) groups is 4. The minimum absolute atomic E-state index is 0.141. The van der Waals surface area contributed by atoms with Gasteiger partial charge in [0.05, 0.1) is 19.9 Å². The van der Waals surface area contributed by atoms with Crippen molar-refractivity contribution >= 4 is 59.0 Å². The topological polar surface area (TPSA) is 127 Å². The van der Waals surface area contributed by atoms with E-state index in [4.69, 9.17) is 4.74 Å². The van der Waals surface area contributed by atoms with Gasteiger partial charge in [0, 0.05) is 50.1 Å². The zero-order valence-corrected chi connectivity index (χ0v) is 24.8. The van der Waals surface area contributed by atoms with Crippen molar-refractivity contribution in [3.05, 3.63) is 71.7 Å². The average molecular weight is 576 g/mol. The molecule has 4 rings (SSSR count). The second kappa shape index (κ2) is 12.5. The Labute approximate surface area is 242 Å². The number of allylic oxidation sites excluding steroid dienone is 2. The van der Waals surface area contributed by atoms with Crippen LogP contribution in [-0.4, -0.2) is 48.7 Å². The van der Waals surface area contributed by atoms with Crippen LogP contribution >= 0.6 is 11.3 Å². The summed E-state index contributed by atoms with van der Waals surface area (Å²) in [4.78, 5) is 55.6. The second-order valence-corrected chi connectivity index (χ2v) is 11.1. The second-order valence-electron chi connectivity index (χ2n) is 9.90. The fourth-order valence-corrected chi connectivity index (χ4v) is 5.60. The van der Waals surface area contributed by atoms with E-state index >= 15 is 0 Å². The summed E-state index contributed by atoms with van der Waals surface area (Å²) in [5.41, 5.74) is 8.05. The Morgan fingerprint density at radius 2 is 1.39 bits per heavy atom. The lowest BCUT2D eigenvalue weighted by molar-refractivity contribution is -0.141. The number of amides is 2. The third kappa shape index (κ3) is 6.54. The highest BCUT2D eigenvalue weighted by Gasteiger charge is 2.25. The molecule has 0 spiro atoms. The maximum Gasteiger partial charge on any atom is 0.305 e. The average Bonchev–Trinajstić information content (AvgIpc) is 3.65. The van der Waals surface area contributed by atoms with Crippen molar-refractivity contribution in [1.82, 2.24) is 10.3 Å². The fourth-order valence-electron chi connectivity index (χ4n) is 4.71. The monoisotopic (exact) mass is 575 g/mol. The molecule has 2 amide bonds. The predicted octanol–water partition coefficient (Wildman–Crippen LogP) is 3.29. The summed E-state index contributed by atoms with van der Waals surface area (Å²) in [7, 11) is 2.66. The molecule has 0 aliphatic carbocycles. The molecule has 9 nitrogen and oxygen atoms in total. The maximum atomic E-state index is 12.5. The van der Waals surface area contributed by atoms with Gasteiger partial charge < -0.3 is 19.8 Å². The maximum absolute atomic E-state index is 12.5. The van der Waals surface area contributed by atoms with Gasteiger partial charge in [-0.1, -0.05) is 0 Å². The molecule has 10 heteroatoms. The van der Waals surface area contributed by atoms with E-state index in [9.17, 15) is 19.2 Å². The van der Waals surface area contributed by atoms with Gasteiger partial charge in [0.1, 0.15) is 0 Å². The Kier molecular flexibility index (Phi) is 9.02. The molecule has 0 unspecified atom stereocenters.